The molecule has 60 heavy (non-hydrogen) atoms. The van der Waals surface area contributed by atoms with E-state index in [0.717, 1.165) is 77.2 Å². The van der Waals surface area contributed by atoms with Crippen molar-refractivity contribution >= 4 is 65.2 Å². The molecule has 0 saturated carbocycles. The van der Waals surface area contributed by atoms with Gasteiger partial charge in [0.25, 0.3) is 0 Å². The molecule has 9 aromatic rings. The van der Waals surface area contributed by atoms with Gasteiger partial charge in [-0.25, -0.2) is 0 Å². The minimum Gasteiger partial charge on any atom is -0.374 e. The Morgan fingerprint density at radius 2 is 0.517 bits per heavy atom. The summed E-state index contributed by atoms with van der Waals surface area (Å²) in [6, 6.07) is 45.0. The molecule has 0 bridgehead atoms. The summed E-state index contributed by atoms with van der Waals surface area (Å²) in [5.74, 6) is 0. The number of hydrogen-bond donors (Lipinski definition) is 0. The van der Waals surface area contributed by atoms with Crippen LogP contribution >= 0.6 is 0 Å². The van der Waals surface area contributed by atoms with Crippen LogP contribution in [-0.2, 0) is 41.4 Å². The maximum absolute atomic E-state index is 6.01. The quantitative estimate of drug-likeness (QED) is 0.129. The van der Waals surface area contributed by atoms with Gasteiger partial charge in [0.1, 0.15) is 0 Å². The first-order valence-electron chi connectivity index (χ1n) is 20.9. The highest BCUT2D eigenvalue weighted by Crippen LogP contribution is 2.46. The highest BCUT2D eigenvalue weighted by atomic mass is 16.5. The van der Waals surface area contributed by atoms with Crippen LogP contribution in [0.1, 0.15) is 77.6 Å². The summed E-state index contributed by atoms with van der Waals surface area (Å²) in [6.07, 6.45) is 0. The van der Waals surface area contributed by atoms with Gasteiger partial charge in [0.2, 0.25) is 0 Å². The third kappa shape index (κ3) is 5.99. The van der Waals surface area contributed by atoms with E-state index in [9.17, 15) is 0 Å². The van der Waals surface area contributed by atoms with Gasteiger partial charge in [-0.2, -0.15) is 0 Å². The number of rotatable bonds is 10. The van der Waals surface area contributed by atoms with Gasteiger partial charge in [-0.15, -0.1) is 0 Å². The molecule has 0 spiro atoms. The second-order valence-corrected chi connectivity index (χ2v) is 18.2. The van der Waals surface area contributed by atoms with E-state index in [1.807, 2.05) is 0 Å². The summed E-state index contributed by atoms with van der Waals surface area (Å²) in [7, 11) is 7.12. The molecule has 6 nitrogen and oxygen atoms in total. The van der Waals surface area contributed by atoms with Crippen LogP contribution in [-0.4, -0.2) is 37.6 Å². The molecule has 306 valence electrons. The predicted molar refractivity (Wildman–Crippen MR) is 250 cm³/mol. The maximum Gasteiger partial charge on any atom is 0.0871 e. The molecule has 7 aromatic carbocycles. The van der Waals surface area contributed by atoms with Crippen molar-refractivity contribution < 1.29 is 18.9 Å². The summed E-state index contributed by atoms with van der Waals surface area (Å²) < 4.78 is 29.0. The Kier molecular flexibility index (Phi) is 9.34. The summed E-state index contributed by atoms with van der Waals surface area (Å²) in [5.41, 5.74) is 9.48. The number of hydrogen-bond acceptors (Lipinski definition) is 4. The first kappa shape index (κ1) is 39.9. The first-order chi connectivity index (χ1) is 28.6. The van der Waals surface area contributed by atoms with E-state index in [2.05, 4.69) is 186 Å². The van der Waals surface area contributed by atoms with Gasteiger partial charge >= 0.3 is 0 Å². The van der Waals surface area contributed by atoms with E-state index in [1.165, 1.54) is 21.5 Å². The minimum atomic E-state index is -0.463. The average molecular weight is 797 g/mol. The Hall–Kier alpha value is -5.50. The number of nitrogens with zero attached hydrogens (tertiary/aromatic N) is 2. The zero-order chi connectivity index (χ0) is 42.5. The predicted octanol–water partition coefficient (Wildman–Crippen LogP) is 13.7. The molecule has 0 atom stereocenters. The molecule has 2 aromatic heterocycles. The molecule has 0 N–H and O–H groups in total. The monoisotopic (exact) mass is 796 g/mol. The molecule has 0 saturated heterocycles. The zero-order valence-corrected chi connectivity index (χ0v) is 37.1. The van der Waals surface area contributed by atoms with Gasteiger partial charge in [-0.1, -0.05) is 72.8 Å². The molecule has 0 aliphatic carbocycles. The molecule has 6 heteroatoms. The van der Waals surface area contributed by atoms with Crippen molar-refractivity contribution in [1.82, 2.24) is 9.13 Å². The van der Waals surface area contributed by atoms with Crippen molar-refractivity contribution in [3.63, 3.8) is 0 Å². The smallest absolute Gasteiger partial charge is 0.0871 e. The highest BCUT2D eigenvalue weighted by Gasteiger charge is 2.29. The van der Waals surface area contributed by atoms with E-state index < -0.39 is 22.4 Å². The SMILES string of the molecule is COC(C)(C)c1ccc2c(c1)c1cc(C(C)(C)OC)ccc1n2-c1c2ccccc2c(-n2c3ccc(C(C)(C)OC)cc3c3cc(C(C)(C)OC)ccc32)c2ccccc12. The van der Waals surface area contributed by atoms with Gasteiger partial charge < -0.3 is 28.1 Å². The van der Waals surface area contributed by atoms with Crippen LogP contribution in [0.3, 0.4) is 0 Å². The molecule has 0 aliphatic heterocycles. The lowest BCUT2D eigenvalue weighted by molar-refractivity contribution is 0.0190. The van der Waals surface area contributed by atoms with Crippen molar-refractivity contribution in [2.75, 3.05) is 28.4 Å². The maximum atomic E-state index is 6.01. The van der Waals surface area contributed by atoms with Crippen LogP contribution in [0.2, 0.25) is 0 Å². The van der Waals surface area contributed by atoms with Crippen LogP contribution in [0.15, 0.2) is 121 Å². The number of ether oxygens (including phenoxy) is 4. The molecule has 2 heterocycles. The van der Waals surface area contributed by atoms with Gasteiger partial charge in [0.05, 0.1) is 55.8 Å². The van der Waals surface area contributed by atoms with E-state index in [-0.39, 0.29) is 0 Å². The van der Waals surface area contributed by atoms with Crippen LogP contribution in [0, 0.1) is 0 Å². The molecule has 0 amide bonds. The number of benzene rings is 7. The van der Waals surface area contributed by atoms with Gasteiger partial charge in [0.15, 0.2) is 0 Å². The fourth-order valence-electron chi connectivity index (χ4n) is 9.06. The highest BCUT2D eigenvalue weighted by molar-refractivity contribution is 6.20. The standard InChI is InChI=1S/C54H56N2O4/c1-51(2,57-9)33-21-25-45-41(29-33)42-30-34(52(3,4)58-10)22-26-46(42)55(45)49-37-17-13-15-19-39(37)50(40-20-16-14-18-38(40)49)56-47-27-23-35(53(5,6)59-11)31-43(47)44-32-36(24-28-48(44)56)54(7,8)60-12/h13-32H,1-12H3. The van der Waals surface area contributed by atoms with Crippen molar-refractivity contribution in [1.29, 1.82) is 0 Å². The summed E-state index contributed by atoms with van der Waals surface area (Å²) in [4.78, 5) is 0. The van der Waals surface area contributed by atoms with Crippen molar-refractivity contribution in [2.24, 2.45) is 0 Å². The van der Waals surface area contributed by atoms with Crippen LogP contribution in [0.5, 0.6) is 0 Å². The van der Waals surface area contributed by atoms with E-state index >= 15 is 0 Å². The summed E-state index contributed by atoms with van der Waals surface area (Å²) in [6.45, 7) is 17.0. The average Bonchev–Trinajstić information content (AvgIpc) is 3.76. The molecule has 0 unspecified atom stereocenters. The van der Waals surface area contributed by atoms with Crippen molar-refractivity contribution in [3.05, 3.63) is 144 Å². The Labute approximate surface area is 353 Å². The molecule has 0 fully saturated rings. The zero-order valence-electron chi connectivity index (χ0n) is 37.1. The Morgan fingerprint density at radius 3 is 0.717 bits per heavy atom. The minimum absolute atomic E-state index is 0.463. The fraction of sp³-hybridized carbons (Fsp3) is 0.296. The largest absolute Gasteiger partial charge is 0.374 e. The normalized spacial score (nSPS) is 13.3. The van der Waals surface area contributed by atoms with Gasteiger partial charge in [-0.3, -0.25) is 0 Å². The number of methoxy groups -OCH3 is 4. The number of fused-ring (bicyclic) bond motifs is 8. The lowest BCUT2D eigenvalue weighted by Gasteiger charge is -2.24. The second kappa shape index (κ2) is 14.0. The fourth-order valence-corrected chi connectivity index (χ4v) is 9.06. The second-order valence-electron chi connectivity index (χ2n) is 18.2. The lowest BCUT2D eigenvalue weighted by Crippen LogP contribution is -2.19. The Bertz CT molecular complexity index is 2740. The third-order valence-electron chi connectivity index (χ3n) is 13.7. The van der Waals surface area contributed by atoms with E-state index in [4.69, 9.17) is 18.9 Å². The van der Waals surface area contributed by atoms with Gasteiger partial charge in [-0.05, 0) is 126 Å². The van der Waals surface area contributed by atoms with Crippen molar-refractivity contribution in [2.45, 2.75) is 77.8 Å². The summed E-state index contributed by atoms with van der Waals surface area (Å²) >= 11 is 0. The van der Waals surface area contributed by atoms with E-state index in [0.29, 0.717) is 0 Å². The first-order valence-corrected chi connectivity index (χ1v) is 20.9. The van der Waals surface area contributed by atoms with Gasteiger partial charge in [0, 0.05) is 71.5 Å². The molecule has 0 aliphatic rings. The number of aromatic nitrogens is 2. The molecule has 9 rings (SSSR count). The van der Waals surface area contributed by atoms with Crippen molar-refractivity contribution in [3.8, 4) is 11.4 Å². The molecular weight excluding hydrogens is 741 g/mol. The van der Waals surface area contributed by atoms with E-state index in [1.54, 1.807) is 28.4 Å². The van der Waals surface area contributed by atoms with Crippen LogP contribution in [0.4, 0.5) is 0 Å². The molecular formula is C54H56N2O4. The topological polar surface area (TPSA) is 46.8 Å². The van der Waals surface area contributed by atoms with Crippen LogP contribution < -0.4 is 0 Å². The third-order valence-corrected chi connectivity index (χ3v) is 13.7. The lowest BCUT2D eigenvalue weighted by atomic mass is 9.94. The van der Waals surface area contributed by atoms with Crippen LogP contribution in [0.25, 0.3) is 76.5 Å². The summed E-state index contributed by atoms with van der Waals surface area (Å²) in [5, 5.41) is 9.34. The Morgan fingerprint density at radius 1 is 0.300 bits per heavy atom. The Balaban J connectivity index is 1.43. The molecule has 0 radical (unpaired) electrons.